The molecule has 1 saturated heterocycles. The molecule has 1 heterocycles. The number of amides is 2. The topological polar surface area (TPSA) is 55.8 Å². The van der Waals surface area contributed by atoms with Crippen molar-refractivity contribution < 1.29 is 27.5 Å². The molecular formula is C19H35F2NO4Si. The fraction of sp³-hybridized carbons (Fsp3) is 0.895. The van der Waals surface area contributed by atoms with Gasteiger partial charge in [-0.15, -0.1) is 0 Å². The molecule has 0 bridgehead atoms. The summed E-state index contributed by atoms with van der Waals surface area (Å²) in [6, 6.07) is -1.29. The minimum Gasteiger partial charge on any atom is -0.443 e. The summed E-state index contributed by atoms with van der Waals surface area (Å²) in [5.74, 6) is -0.649. The first-order chi connectivity index (χ1) is 12.2. The lowest BCUT2D eigenvalue weighted by molar-refractivity contribution is -0.167. The van der Waals surface area contributed by atoms with Crippen LogP contribution in [0.1, 0.15) is 62.3 Å². The molecular weight excluding hydrogens is 372 g/mol. The maximum Gasteiger partial charge on any atom is 0.417 e. The summed E-state index contributed by atoms with van der Waals surface area (Å²) in [5.41, 5.74) is -0.332. The van der Waals surface area contributed by atoms with Crippen molar-refractivity contribution in [2.24, 2.45) is 0 Å². The molecule has 2 amide bonds. The molecule has 0 aromatic carbocycles. The fourth-order valence-electron chi connectivity index (χ4n) is 4.20. The van der Waals surface area contributed by atoms with E-state index in [1.807, 2.05) is 41.5 Å². The Morgan fingerprint density at radius 3 is 1.89 bits per heavy atom. The van der Waals surface area contributed by atoms with Crippen LogP contribution >= 0.6 is 0 Å². The zero-order chi connectivity index (χ0) is 21.3. The van der Waals surface area contributed by atoms with Crippen molar-refractivity contribution in [3.63, 3.8) is 0 Å². The number of hydrogen-bond donors (Lipinski definition) is 0. The maximum absolute atomic E-state index is 14.4. The molecule has 0 aromatic heterocycles. The second-order valence-electron chi connectivity index (χ2n) is 9.21. The lowest BCUT2D eigenvalue weighted by Crippen LogP contribution is -2.73. The summed E-state index contributed by atoms with van der Waals surface area (Å²) in [4.78, 5) is 25.7. The fourth-order valence-corrected chi connectivity index (χ4v) is 9.69. The monoisotopic (exact) mass is 407 g/mol. The number of hydrogen-bond acceptors (Lipinski definition) is 4. The van der Waals surface area contributed by atoms with Crippen LogP contribution in [0.5, 0.6) is 0 Å². The number of nitrogens with zero attached hydrogens (tertiary/aromatic N) is 1. The van der Waals surface area contributed by atoms with Gasteiger partial charge in [0.15, 0.2) is 6.17 Å². The molecule has 5 nitrogen and oxygen atoms in total. The summed E-state index contributed by atoms with van der Waals surface area (Å²) in [5, 5.41) is 0. The van der Waals surface area contributed by atoms with Crippen molar-refractivity contribution in [3.8, 4) is 0 Å². The lowest BCUT2D eigenvalue weighted by atomic mass is 9.95. The molecule has 1 aliphatic heterocycles. The summed E-state index contributed by atoms with van der Waals surface area (Å²) >= 11 is 0. The molecule has 0 radical (unpaired) electrons. The van der Waals surface area contributed by atoms with Crippen molar-refractivity contribution in [2.75, 3.05) is 6.67 Å². The van der Waals surface area contributed by atoms with Crippen LogP contribution < -0.4 is 0 Å². The number of carbonyl (C=O) groups is 2. The third-order valence-electron chi connectivity index (χ3n) is 5.24. The van der Waals surface area contributed by atoms with E-state index in [0.29, 0.717) is 4.90 Å². The molecule has 1 rings (SSSR count). The predicted molar refractivity (Wildman–Crippen MR) is 104 cm³/mol. The number of β-lactam (4-membered cyclic amide) rings is 1. The Bertz CT molecular complexity index is 527. The number of ether oxygens (including phenoxy) is 1. The second-order valence-corrected chi connectivity index (χ2v) is 14.6. The van der Waals surface area contributed by atoms with E-state index in [1.165, 1.54) is 0 Å². The van der Waals surface area contributed by atoms with Crippen LogP contribution in [0.4, 0.5) is 13.6 Å². The Morgan fingerprint density at radius 2 is 1.56 bits per heavy atom. The van der Waals surface area contributed by atoms with Crippen molar-refractivity contribution in [1.82, 2.24) is 4.90 Å². The van der Waals surface area contributed by atoms with Crippen LogP contribution in [0, 0.1) is 0 Å². The molecule has 3 atom stereocenters. The largest absolute Gasteiger partial charge is 0.443 e. The summed E-state index contributed by atoms with van der Waals surface area (Å²) in [6.07, 6.45) is -4.11. The van der Waals surface area contributed by atoms with Crippen LogP contribution in [-0.4, -0.2) is 55.8 Å². The van der Waals surface area contributed by atoms with Gasteiger partial charge in [0.05, 0.1) is 0 Å². The SMILES string of the molecule is CC(C)[Si](O[C@H]1C(=O)N(C(=O)OC(C)(C)C)[C@H]1[C@@H](F)CF)(C(C)C)C(C)C. The van der Waals surface area contributed by atoms with Crippen LogP contribution in [0.15, 0.2) is 0 Å². The number of imide groups is 1. The van der Waals surface area contributed by atoms with E-state index in [4.69, 9.17) is 9.16 Å². The third kappa shape index (κ3) is 4.70. The van der Waals surface area contributed by atoms with Crippen molar-refractivity contribution in [3.05, 3.63) is 0 Å². The van der Waals surface area contributed by atoms with Gasteiger partial charge < -0.3 is 9.16 Å². The molecule has 0 aromatic rings. The van der Waals surface area contributed by atoms with Crippen LogP contribution in [0.2, 0.25) is 16.6 Å². The highest BCUT2D eigenvalue weighted by Gasteiger charge is 2.60. The molecule has 27 heavy (non-hydrogen) atoms. The van der Waals surface area contributed by atoms with Gasteiger partial charge in [0.1, 0.15) is 24.4 Å². The van der Waals surface area contributed by atoms with E-state index in [2.05, 4.69) is 0 Å². The number of alkyl halides is 2. The molecule has 0 N–H and O–H groups in total. The van der Waals surface area contributed by atoms with Gasteiger partial charge in [-0.1, -0.05) is 41.5 Å². The number of carbonyl (C=O) groups excluding carboxylic acids is 2. The normalized spacial score (nSPS) is 22.4. The second kappa shape index (κ2) is 8.55. The number of rotatable bonds is 7. The molecule has 0 unspecified atom stereocenters. The molecule has 0 aliphatic carbocycles. The molecule has 1 fully saturated rings. The van der Waals surface area contributed by atoms with Crippen LogP contribution in [0.3, 0.4) is 0 Å². The highest BCUT2D eigenvalue weighted by molar-refractivity contribution is 6.77. The first kappa shape index (κ1) is 24.0. The minimum absolute atomic E-state index is 0.171. The highest BCUT2D eigenvalue weighted by Crippen LogP contribution is 2.45. The molecule has 0 saturated carbocycles. The van der Waals surface area contributed by atoms with Crippen molar-refractivity contribution in [2.45, 2.75) is 103 Å². The van der Waals surface area contributed by atoms with Gasteiger partial charge >= 0.3 is 6.09 Å². The van der Waals surface area contributed by atoms with E-state index < -0.39 is 50.9 Å². The minimum atomic E-state index is -2.50. The average molecular weight is 408 g/mol. The Labute approximate surface area is 162 Å². The summed E-state index contributed by atoms with van der Waals surface area (Å²) in [7, 11) is -2.50. The van der Waals surface area contributed by atoms with Crippen LogP contribution in [0.25, 0.3) is 0 Å². The maximum atomic E-state index is 14.4. The first-order valence-corrected chi connectivity index (χ1v) is 11.8. The number of likely N-dealkylation sites (tertiary alicyclic amines) is 1. The summed E-state index contributed by atoms with van der Waals surface area (Å²) in [6.45, 7) is 15.9. The van der Waals surface area contributed by atoms with Gasteiger partial charge in [0.2, 0.25) is 8.32 Å². The van der Waals surface area contributed by atoms with Gasteiger partial charge in [-0.3, -0.25) is 4.79 Å². The molecule has 8 heteroatoms. The Hall–Kier alpha value is -1.02. The molecule has 1 aliphatic rings. The quantitative estimate of drug-likeness (QED) is 0.440. The molecule has 0 spiro atoms. The third-order valence-corrected chi connectivity index (χ3v) is 11.3. The highest BCUT2D eigenvalue weighted by atomic mass is 28.4. The van der Waals surface area contributed by atoms with Crippen LogP contribution in [-0.2, 0) is 14.0 Å². The van der Waals surface area contributed by atoms with E-state index in [9.17, 15) is 18.4 Å². The Kier molecular flexibility index (Phi) is 7.61. The number of halogens is 2. The Balaban J connectivity index is 3.20. The lowest BCUT2D eigenvalue weighted by Gasteiger charge is -2.52. The average Bonchev–Trinajstić information content (AvgIpc) is 2.49. The van der Waals surface area contributed by atoms with Gasteiger partial charge in [0.25, 0.3) is 5.91 Å². The van der Waals surface area contributed by atoms with Gasteiger partial charge in [-0.2, -0.15) is 0 Å². The first-order valence-electron chi connectivity index (χ1n) is 9.64. The smallest absolute Gasteiger partial charge is 0.417 e. The van der Waals surface area contributed by atoms with Crippen molar-refractivity contribution in [1.29, 1.82) is 0 Å². The van der Waals surface area contributed by atoms with E-state index in [-0.39, 0.29) is 16.6 Å². The molecule has 158 valence electrons. The zero-order valence-corrected chi connectivity index (χ0v) is 19.0. The van der Waals surface area contributed by atoms with Gasteiger partial charge in [0, 0.05) is 0 Å². The van der Waals surface area contributed by atoms with E-state index in [0.717, 1.165) is 0 Å². The summed E-state index contributed by atoms with van der Waals surface area (Å²) < 4.78 is 39.1. The van der Waals surface area contributed by atoms with Gasteiger partial charge in [-0.05, 0) is 37.4 Å². The van der Waals surface area contributed by atoms with Gasteiger partial charge in [-0.25, -0.2) is 18.5 Å². The standard InChI is InChI=1S/C19H35F2NO4Si/c1-11(2)27(12(3)4,13(5)6)26-16-15(14(21)10-20)22(17(16)23)18(24)25-19(7,8)9/h11-16H,10H2,1-9H3/t14-,15-,16+/m0/s1. The van der Waals surface area contributed by atoms with E-state index in [1.54, 1.807) is 20.8 Å². The zero-order valence-electron chi connectivity index (χ0n) is 18.0. The van der Waals surface area contributed by atoms with E-state index >= 15 is 0 Å². The Morgan fingerprint density at radius 1 is 1.11 bits per heavy atom. The van der Waals surface area contributed by atoms with Crippen molar-refractivity contribution >= 4 is 20.3 Å². The predicted octanol–water partition coefficient (Wildman–Crippen LogP) is 5.00.